The topological polar surface area (TPSA) is 0 Å². The second-order valence-corrected chi connectivity index (χ2v) is 9.42. The molecule has 4 saturated carbocycles. The van der Waals surface area contributed by atoms with Crippen molar-refractivity contribution in [2.75, 3.05) is 0 Å². The van der Waals surface area contributed by atoms with Crippen LogP contribution >= 0.6 is 0 Å². The van der Waals surface area contributed by atoms with Crippen molar-refractivity contribution < 1.29 is 0 Å². The molecule has 0 aromatic heterocycles. The molecule has 4 aliphatic carbocycles. The maximum Gasteiger partial charge on any atom is -0.00853 e. The van der Waals surface area contributed by atoms with Crippen molar-refractivity contribution >= 4 is 0 Å². The van der Waals surface area contributed by atoms with E-state index in [0.717, 1.165) is 23.7 Å². The molecule has 0 radical (unpaired) electrons. The first-order chi connectivity index (χ1) is 10.5. The number of hydrogen-bond acceptors (Lipinski definition) is 0. The van der Waals surface area contributed by atoms with E-state index in [1.165, 1.54) is 57.8 Å². The molecule has 0 spiro atoms. The molecule has 0 aromatic carbocycles. The van der Waals surface area contributed by atoms with Crippen molar-refractivity contribution in [3.05, 3.63) is 23.8 Å². The van der Waals surface area contributed by atoms with Gasteiger partial charge in [-0.25, -0.2) is 0 Å². The molecule has 4 fully saturated rings. The van der Waals surface area contributed by atoms with Gasteiger partial charge in [0.2, 0.25) is 0 Å². The minimum Gasteiger partial charge on any atom is -0.0999 e. The molecule has 4 unspecified atom stereocenters. The van der Waals surface area contributed by atoms with Crippen LogP contribution in [0.4, 0.5) is 0 Å². The molecule has 0 nitrogen and oxygen atoms in total. The lowest BCUT2D eigenvalue weighted by Gasteiger charge is -2.60. The van der Waals surface area contributed by atoms with Gasteiger partial charge in [0.05, 0.1) is 0 Å². The lowest BCUT2D eigenvalue weighted by Crippen LogP contribution is -2.52. The Morgan fingerprint density at radius 1 is 1.00 bits per heavy atom. The van der Waals surface area contributed by atoms with Gasteiger partial charge in [0, 0.05) is 0 Å². The van der Waals surface area contributed by atoms with Gasteiger partial charge in [-0.2, -0.15) is 0 Å². The minimum absolute atomic E-state index is 0.553. The second-order valence-electron chi connectivity index (χ2n) is 9.42. The predicted octanol–water partition coefficient (Wildman–Crippen LogP) is 6.53. The summed E-state index contributed by atoms with van der Waals surface area (Å²) < 4.78 is 0. The van der Waals surface area contributed by atoms with Crippen LogP contribution in [0.15, 0.2) is 23.8 Å². The van der Waals surface area contributed by atoms with E-state index in [1.54, 1.807) is 11.1 Å². The first-order valence-corrected chi connectivity index (χ1v) is 9.81. The summed E-state index contributed by atoms with van der Waals surface area (Å²) in [7, 11) is 0. The maximum absolute atomic E-state index is 4.32. The molecule has 22 heavy (non-hydrogen) atoms. The Bertz CT molecular complexity index is 512. The van der Waals surface area contributed by atoms with E-state index in [4.69, 9.17) is 0 Å². The number of fused-ring (bicyclic) bond motifs is 5. The van der Waals surface area contributed by atoms with Crippen molar-refractivity contribution in [3.63, 3.8) is 0 Å². The highest BCUT2D eigenvalue weighted by Crippen LogP contribution is 2.67. The number of rotatable bonds is 0. The van der Waals surface area contributed by atoms with Crippen molar-refractivity contribution in [1.82, 2.24) is 0 Å². The van der Waals surface area contributed by atoms with Gasteiger partial charge in [-0.15, -0.1) is 0 Å². The summed E-state index contributed by atoms with van der Waals surface area (Å²) in [5.41, 5.74) is 4.51. The highest BCUT2D eigenvalue weighted by Gasteiger charge is 2.58. The minimum atomic E-state index is 0.553. The lowest BCUT2D eigenvalue weighted by atomic mass is 9.45. The van der Waals surface area contributed by atoms with Crippen LogP contribution in [0.5, 0.6) is 0 Å². The molecular formula is C22H34. The van der Waals surface area contributed by atoms with Crippen LogP contribution in [0, 0.1) is 34.5 Å². The number of hydrogen-bond donors (Lipinski definition) is 0. The average molecular weight is 299 g/mol. The zero-order chi connectivity index (χ0) is 15.5. The molecule has 0 amide bonds. The Morgan fingerprint density at radius 2 is 1.82 bits per heavy atom. The Labute approximate surface area is 137 Å². The molecule has 0 heterocycles. The van der Waals surface area contributed by atoms with Gasteiger partial charge >= 0.3 is 0 Å². The van der Waals surface area contributed by atoms with E-state index >= 15 is 0 Å². The first-order valence-electron chi connectivity index (χ1n) is 9.81. The normalized spacial score (nSPS) is 53.0. The fourth-order valence-electron chi connectivity index (χ4n) is 7.48. The van der Waals surface area contributed by atoms with Crippen LogP contribution in [0.2, 0.25) is 0 Å². The Kier molecular flexibility index (Phi) is 3.41. The van der Waals surface area contributed by atoms with Gasteiger partial charge in [-0.05, 0) is 99.2 Å². The van der Waals surface area contributed by atoms with Crippen molar-refractivity contribution in [3.8, 4) is 0 Å². The van der Waals surface area contributed by atoms with Crippen LogP contribution in [0.25, 0.3) is 0 Å². The molecule has 0 bridgehead atoms. The molecule has 4 aliphatic rings. The summed E-state index contributed by atoms with van der Waals surface area (Å²) in [5, 5.41) is 0. The van der Waals surface area contributed by atoms with Gasteiger partial charge in [-0.1, -0.05) is 37.6 Å². The monoisotopic (exact) mass is 298 g/mol. The lowest BCUT2D eigenvalue weighted by molar-refractivity contribution is -0.0903. The van der Waals surface area contributed by atoms with Crippen molar-refractivity contribution in [1.29, 1.82) is 0 Å². The fraction of sp³-hybridized carbons (Fsp3) is 0.818. The predicted molar refractivity (Wildman–Crippen MR) is 94.6 cm³/mol. The van der Waals surface area contributed by atoms with Crippen LogP contribution in [0.1, 0.15) is 78.6 Å². The average Bonchev–Trinajstić information content (AvgIpc) is 2.84. The summed E-state index contributed by atoms with van der Waals surface area (Å²) in [6, 6.07) is 0. The van der Waals surface area contributed by atoms with E-state index < -0.39 is 0 Å². The summed E-state index contributed by atoms with van der Waals surface area (Å²) in [5.74, 6) is 3.96. The standard InChI is InChI=1S/C22H34/c1-5-16-7-9-19-18-8-6-17-14-15(2)10-12-22(17,4)20(18)11-13-21(16,19)3/h5,17-20H,2,6-14H2,1,3-4H3/b16-5-/t17?,18?,19?,20?,21-,22+/m1/s1. The third-order valence-corrected chi connectivity index (χ3v) is 8.81. The van der Waals surface area contributed by atoms with Gasteiger partial charge in [0.1, 0.15) is 0 Å². The van der Waals surface area contributed by atoms with Gasteiger partial charge in [0.15, 0.2) is 0 Å². The summed E-state index contributed by atoms with van der Waals surface area (Å²) in [6.07, 6.45) is 15.3. The summed E-state index contributed by atoms with van der Waals surface area (Å²) in [6.45, 7) is 11.9. The highest BCUT2D eigenvalue weighted by atomic mass is 14.6. The first kappa shape index (κ1) is 15.0. The smallest absolute Gasteiger partial charge is 0.00853 e. The van der Waals surface area contributed by atoms with E-state index in [0.29, 0.717) is 10.8 Å². The Hall–Kier alpha value is -0.520. The fourth-order valence-corrected chi connectivity index (χ4v) is 7.48. The van der Waals surface area contributed by atoms with Crippen LogP contribution in [0.3, 0.4) is 0 Å². The maximum atomic E-state index is 4.32. The molecule has 4 rings (SSSR count). The molecular weight excluding hydrogens is 264 g/mol. The SMILES string of the molecule is C=C1CC[C@@]2(C)C(CCC3C2CC[C@]2(C)/C(=C\C)CCC32)C1. The second kappa shape index (κ2) is 4.99. The van der Waals surface area contributed by atoms with E-state index in [-0.39, 0.29) is 0 Å². The molecule has 0 N–H and O–H groups in total. The molecule has 0 saturated heterocycles. The van der Waals surface area contributed by atoms with Gasteiger partial charge in [0.25, 0.3) is 0 Å². The third-order valence-electron chi connectivity index (χ3n) is 8.81. The Balaban J connectivity index is 1.65. The van der Waals surface area contributed by atoms with E-state index in [9.17, 15) is 0 Å². The van der Waals surface area contributed by atoms with E-state index in [2.05, 4.69) is 33.4 Å². The molecule has 122 valence electrons. The zero-order valence-electron chi connectivity index (χ0n) is 15.0. The molecule has 0 aromatic rings. The molecule has 0 heteroatoms. The third kappa shape index (κ3) is 1.88. The summed E-state index contributed by atoms with van der Waals surface area (Å²) >= 11 is 0. The summed E-state index contributed by atoms with van der Waals surface area (Å²) in [4.78, 5) is 0. The molecule has 0 aliphatic heterocycles. The van der Waals surface area contributed by atoms with Crippen molar-refractivity contribution in [2.24, 2.45) is 34.5 Å². The highest BCUT2D eigenvalue weighted by molar-refractivity contribution is 5.24. The quantitative estimate of drug-likeness (QED) is 0.446. The van der Waals surface area contributed by atoms with Crippen LogP contribution in [-0.2, 0) is 0 Å². The zero-order valence-corrected chi connectivity index (χ0v) is 15.0. The number of allylic oxidation sites excluding steroid dienone is 3. The van der Waals surface area contributed by atoms with Gasteiger partial charge in [-0.3, -0.25) is 0 Å². The van der Waals surface area contributed by atoms with Crippen LogP contribution < -0.4 is 0 Å². The van der Waals surface area contributed by atoms with E-state index in [1.807, 2.05) is 0 Å². The van der Waals surface area contributed by atoms with Gasteiger partial charge < -0.3 is 0 Å². The van der Waals surface area contributed by atoms with Crippen LogP contribution in [-0.4, -0.2) is 0 Å². The Morgan fingerprint density at radius 3 is 2.59 bits per heavy atom. The largest absolute Gasteiger partial charge is 0.0999 e. The van der Waals surface area contributed by atoms with Crippen molar-refractivity contribution in [2.45, 2.75) is 78.6 Å². The molecule has 6 atom stereocenters.